The summed E-state index contributed by atoms with van der Waals surface area (Å²) < 4.78 is 23.9. The quantitative estimate of drug-likeness (QED) is 0.589. The van der Waals surface area contributed by atoms with E-state index in [-0.39, 0.29) is 28.5 Å². The second kappa shape index (κ2) is 8.35. The number of Topliss-reactive ketones (excluding diaryl/α,β-unsaturated/α-hetero) is 1. The number of halogens is 2. The van der Waals surface area contributed by atoms with Gasteiger partial charge in [0.05, 0.1) is 23.4 Å². The fourth-order valence-corrected chi connectivity index (χ4v) is 2.80. The van der Waals surface area contributed by atoms with E-state index in [2.05, 4.69) is 4.98 Å². The molecule has 1 aromatic carbocycles. The van der Waals surface area contributed by atoms with Crippen LogP contribution in [0.5, 0.6) is 0 Å². The van der Waals surface area contributed by atoms with Gasteiger partial charge in [-0.05, 0) is 51.5 Å². The fraction of sp³-hybridized carbons (Fsp3) is 0.316. The molecule has 0 aliphatic carbocycles. The average molecular weight is 396 g/mol. The number of H-pyrrole nitrogens is 1. The summed E-state index contributed by atoms with van der Waals surface area (Å²) in [5.41, 5.74) is 0.939. The smallest absolute Gasteiger partial charge is 0.341 e. The van der Waals surface area contributed by atoms with Crippen molar-refractivity contribution in [2.24, 2.45) is 0 Å². The molecule has 0 spiro atoms. The van der Waals surface area contributed by atoms with Gasteiger partial charge in [-0.1, -0.05) is 11.6 Å². The highest BCUT2D eigenvalue weighted by atomic mass is 35.5. The Kier molecular flexibility index (Phi) is 6.38. The molecular weight excluding hydrogens is 377 g/mol. The maximum atomic E-state index is 13.8. The lowest BCUT2D eigenvalue weighted by Crippen LogP contribution is -2.25. The first kappa shape index (κ1) is 20.6. The number of aromatic nitrogens is 1. The minimum Gasteiger partial charge on any atom is -0.462 e. The molecule has 1 atom stereocenters. The van der Waals surface area contributed by atoms with Crippen LogP contribution >= 0.6 is 11.6 Å². The summed E-state index contributed by atoms with van der Waals surface area (Å²) in [5.74, 6) is -2.93. The number of carbonyl (C=O) groups is 3. The van der Waals surface area contributed by atoms with E-state index < -0.39 is 29.6 Å². The van der Waals surface area contributed by atoms with Crippen LogP contribution in [0.25, 0.3) is 0 Å². The van der Waals surface area contributed by atoms with E-state index in [1.807, 2.05) is 0 Å². The summed E-state index contributed by atoms with van der Waals surface area (Å²) in [6.07, 6.45) is -1.20. The molecule has 0 saturated heterocycles. The molecule has 0 bridgehead atoms. The van der Waals surface area contributed by atoms with E-state index >= 15 is 0 Å². The summed E-state index contributed by atoms with van der Waals surface area (Å²) in [5, 5.41) is 0.136. The Balaban J connectivity index is 2.21. The van der Waals surface area contributed by atoms with Gasteiger partial charge in [0.15, 0.2) is 6.10 Å². The predicted molar refractivity (Wildman–Crippen MR) is 96.8 cm³/mol. The molecular formula is C19H19ClFNO5. The molecule has 6 nitrogen and oxygen atoms in total. The molecule has 0 radical (unpaired) electrons. The molecule has 0 unspecified atom stereocenters. The molecule has 1 heterocycles. The van der Waals surface area contributed by atoms with E-state index in [9.17, 15) is 18.8 Å². The van der Waals surface area contributed by atoms with Crippen LogP contribution in [-0.4, -0.2) is 35.4 Å². The molecule has 27 heavy (non-hydrogen) atoms. The van der Waals surface area contributed by atoms with Gasteiger partial charge in [-0.2, -0.15) is 0 Å². The lowest BCUT2D eigenvalue weighted by molar-refractivity contribution is 0.0312. The lowest BCUT2D eigenvalue weighted by atomic mass is 10.1. The molecule has 2 rings (SSSR count). The highest BCUT2D eigenvalue weighted by molar-refractivity contribution is 6.30. The van der Waals surface area contributed by atoms with Gasteiger partial charge < -0.3 is 14.5 Å². The second-order valence-electron chi connectivity index (χ2n) is 5.88. The Labute approximate surface area is 160 Å². The Morgan fingerprint density at radius 1 is 1.22 bits per heavy atom. The number of ketones is 1. The molecule has 2 aromatic rings. The minimum atomic E-state index is -1.20. The van der Waals surface area contributed by atoms with Crippen LogP contribution in [-0.2, 0) is 9.47 Å². The number of aromatic amines is 1. The third kappa shape index (κ3) is 4.36. The van der Waals surface area contributed by atoms with Crippen molar-refractivity contribution in [2.45, 2.75) is 33.8 Å². The summed E-state index contributed by atoms with van der Waals surface area (Å²) in [7, 11) is 0. The molecule has 1 N–H and O–H groups in total. The first-order valence-electron chi connectivity index (χ1n) is 8.23. The van der Waals surface area contributed by atoms with Crippen molar-refractivity contribution in [3.8, 4) is 0 Å². The van der Waals surface area contributed by atoms with Crippen LogP contribution in [0, 0.1) is 19.7 Å². The molecule has 0 aliphatic heterocycles. The van der Waals surface area contributed by atoms with Gasteiger partial charge in [0.1, 0.15) is 5.82 Å². The van der Waals surface area contributed by atoms with Crippen molar-refractivity contribution in [3.63, 3.8) is 0 Å². The number of ether oxygens (including phenoxy) is 2. The van der Waals surface area contributed by atoms with Gasteiger partial charge in [0, 0.05) is 10.7 Å². The third-order valence-electron chi connectivity index (χ3n) is 3.97. The Hall–Kier alpha value is -2.67. The first-order valence-corrected chi connectivity index (χ1v) is 8.61. The van der Waals surface area contributed by atoms with Crippen LogP contribution in [0.15, 0.2) is 18.2 Å². The van der Waals surface area contributed by atoms with Crippen molar-refractivity contribution in [1.29, 1.82) is 0 Å². The number of carbonyl (C=O) groups excluding carboxylic acids is 3. The minimum absolute atomic E-state index is 0.132. The lowest BCUT2D eigenvalue weighted by Gasteiger charge is -2.12. The van der Waals surface area contributed by atoms with Crippen molar-refractivity contribution >= 4 is 29.3 Å². The Morgan fingerprint density at radius 3 is 2.48 bits per heavy atom. The maximum Gasteiger partial charge on any atom is 0.341 e. The standard InChI is InChI=1S/C19H19ClFNO5/c1-5-26-19(25)15-9(2)16(22-10(15)3)17(23)11(4)27-18(24)13-7-6-12(20)8-14(13)21/h6-8,11,22H,5H2,1-4H3/t11-/m0/s1. The van der Waals surface area contributed by atoms with Crippen molar-refractivity contribution < 1.29 is 28.2 Å². The summed E-state index contributed by atoms with van der Waals surface area (Å²) >= 11 is 5.65. The zero-order chi connectivity index (χ0) is 20.3. The second-order valence-corrected chi connectivity index (χ2v) is 6.32. The number of hydrogen-bond donors (Lipinski definition) is 1. The van der Waals surface area contributed by atoms with Crippen LogP contribution in [0.3, 0.4) is 0 Å². The van der Waals surface area contributed by atoms with E-state index in [4.69, 9.17) is 21.1 Å². The molecule has 0 saturated carbocycles. The average Bonchev–Trinajstić information content (AvgIpc) is 2.88. The van der Waals surface area contributed by atoms with E-state index in [0.717, 1.165) is 6.07 Å². The molecule has 1 aromatic heterocycles. The van der Waals surface area contributed by atoms with Gasteiger partial charge in [0.25, 0.3) is 0 Å². The molecule has 144 valence electrons. The molecule has 0 amide bonds. The number of aryl methyl sites for hydroxylation is 1. The number of nitrogens with one attached hydrogen (secondary N) is 1. The van der Waals surface area contributed by atoms with Crippen LogP contribution < -0.4 is 0 Å². The number of esters is 2. The van der Waals surface area contributed by atoms with Crippen molar-refractivity contribution in [2.75, 3.05) is 6.61 Å². The Bertz CT molecular complexity index is 906. The summed E-state index contributed by atoms with van der Waals surface area (Å²) in [4.78, 5) is 39.6. The van der Waals surface area contributed by atoms with Gasteiger partial charge >= 0.3 is 11.9 Å². The monoisotopic (exact) mass is 395 g/mol. The Morgan fingerprint density at radius 2 is 1.89 bits per heavy atom. The van der Waals surface area contributed by atoms with Crippen LogP contribution in [0.1, 0.15) is 56.3 Å². The zero-order valence-electron chi connectivity index (χ0n) is 15.3. The largest absolute Gasteiger partial charge is 0.462 e. The molecule has 0 aliphatic rings. The normalized spacial score (nSPS) is 11.8. The highest BCUT2D eigenvalue weighted by Gasteiger charge is 2.28. The van der Waals surface area contributed by atoms with Gasteiger partial charge in [-0.15, -0.1) is 0 Å². The van der Waals surface area contributed by atoms with Crippen molar-refractivity contribution in [1.82, 2.24) is 4.98 Å². The van der Waals surface area contributed by atoms with E-state index in [1.165, 1.54) is 19.1 Å². The van der Waals surface area contributed by atoms with E-state index in [0.29, 0.717) is 11.3 Å². The van der Waals surface area contributed by atoms with Crippen molar-refractivity contribution in [3.05, 3.63) is 57.1 Å². The first-order chi connectivity index (χ1) is 12.7. The molecule has 8 heteroatoms. The van der Waals surface area contributed by atoms with Gasteiger partial charge in [-0.3, -0.25) is 4.79 Å². The maximum absolute atomic E-state index is 13.8. The van der Waals surface area contributed by atoms with Crippen LogP contribution in [0.2, 0.25) is 5.02 Å². The zero-order valence-corrected chi connectivity index (χ0v) is 16.1. The predicted octanol–water partition coefficient (Wildman–Crippen LogP) is 4.03. The topological polar surface area (TPSA) is 85.5 Å². The van der Waals surface area contributed by atoms with E-state index in [1.54, 1.807) is 20.8 Å². The SMILES string of the molecule is CCOC(=O)c1c(C)[nH]c(C(=O)[C@H](C)OC(=O)c2ccc(Cl)cc2F)c1C. The highest BCUT2D eigenvalue weighted by Crippen LogP contribution is 2.22. The number of benzene rings is 1. The summed E-state index contributed by atoms with van der Waals surface area (Å²) in [6, 6.07) is 3.51. The number of hydrogen-bond acceptors (Lipinski definition) is 5. The number of rotatable bonds is 6. The summed E-state index contributed by atoms with van der Waals surface area (Å²) in [6.45, 7) is 6.48. The molecule has 0 fully saturated rings. The van der Waals surface area contributed by atoms with Gasteiger partial charge in [-0.25, -0.2) is 14.0 Å². The third-order valence-corrected chi connectivity index (χ3v) is 4.20. The fourth-order valence-electron chi connectivity index (χ4n) is 2.64. The van der Waals surface area contributed by atoms with Crippen LogP contribution in [0.4, 0.5) is 4.39 Å². The van der Waals surface area contributed by atoms with Gasteiger partial charge in [0.2, 0.25) is 5.78 Å².